The van der Waals surface area contributed by atoms with Crippen LogP contribution in [0.5, 0.6) is 17.2 Å². The van der Waals surface area contributed by atoms with E-state index in [0.717, 1.165) is 36.2 Å². The molecule has 3 aromatic carbocycles. The Morgan fingerprint density at radius 1 is 0.946 bits per heavy atom. The summed E-state index contributed by atoms with van der Waals surface area (Å²) >= 11 is 0. The maximum absolute atomic E-state index is 12.8. The SMILES string of the molecule is COc1cc(C(=O)NCCCc2nc3ccccc3n2Cc2ccc(C(C)C)cc2)cc(OC)c1OC. The van der Waals surface area contributed by atoms with Crippen molar-refractivity contribution in [3.05, 3.63) is 83.2 Å². The third-order valence-electron chi connectivity index (χ3n) is 6.51. The quantitative estimate of drug-likeness (QED) is 0.271. The Hall–Kier alpha value is -4.00. The molecule has 1 aromatic heterocycles. The van der Waals surface area contributed by atoms with Crippen LogP contribution in [-0.2, 0) is 13.0 Å². The summed E-state index contributed by atoms with van der Waals surface area (Å²) in [5.41, 5.74) is 5.13. The molecule has 0 spiro atoms. The number of imidazole rings is 1. The highest BCUT2D eigenvalue weighted by Gasteiger charge is 2.17. The van der Waals surface area contributed by atoms with Gasteiger partial charge in [0.1, 0.15) is 5.82 Å². The fourth-order valence-corrected chi connectivity index (χ4v) is 4.45. The summed E-state index contributed by atoms with van der Waals surface area (Å²) in [6.07, 6.45) is 1.50. The van der Waals surface area contributed by atoms with E-state index in [1.165, 1.54) is 32.5 Å². The molecule has 0 aliphatic carbocycles. The number of hydrogen-bond acceptors (Lipinski definition) is 5. The van der Waals surface area contributed by atoms with Gasteiger partial charge in [0, 0.05) is 25.1 Å². The average Bonchev–Trinajstić information content (AvgIpc) is 3.27. The zero-order valence-electron chi connectivity index (χ0n) is 22.2. The van der Waals surface area contributed by atoms with Gasteiger partial charge in [0.05, 0.1) is 32.4 Å². The maximum Gasteiger partial charge on any atom is 0.251 e. The Morgan fingerprint density at radius 3 is 2.24 bits per heavy atom. The van der Waals surface area contributed by atoms with Gasteiger partial charge in [0.25, 0.3) is 5.91 Å². The number of nitrogens with one attached hydrogen (secondary N) is 1. The standard InChI is InChI=1S/C30H35N3O4/c1-20(2)22-14-12-21(13-15-22)19-33-25-10-7-6-9-24(25)32-28(33)11-8-16-31-30(34)23-17-26(35-3)29(37-5)27(18-23)36-4/h6-7,9-10,12-15,17-18,20H,8,11,16,19H2,1-5H3,(H,31,34). The highest BCUT2D eigenvalue weighted by Crippen LogP contribution is 2.38. The van der Waals surface area contributed by atoms with Gasteiger partial charge in [0.2, 0.25) is 5.75 Å². The van der Waals surface area contributed by atoms with Crippen molar-refractivity contribution in [2.45, 2.75) is 39.2 Å². The first-order chi connectivity index (χ1) is 17.9. The molecule has 4 rings (SSSR count). The van der Waals surface area contributed by atoms with E-state index in [2.05, 4.69) is 54.1 Å². The molecule has 4 aromatic rings. The molecule has 0 saturated heterocycles. The van der Waals surface area contributed by atoms with E-state index in [4.69, 9.17) is 19.2 Å². The van der Waals surface area contributed by atoms with Crippen LogP contribution in [0.1, 0.15) is 53.5 Å². The predicted octanol–water partition coefficient (Wildman–Crippen LogP) is 5.60. The highest BCUT2D eigenvalue weighted by atomic mass is 16.5. The second-order valence-electron chi connectivity index (χ2n) is 9.27. The van der Waals surface area contributed by atoms with Gasteiger partial charge in [-0.15, -0.1) is 0 Å². The summed E-state index contributed by atoms with van der Waals surface area (Å²) in [5.74, 6) is 2.67. The number of aromatic nitrogens is 2. The van der Waals surface area contributed by atoms with E-state index < -0.39 is 0 Å². The summed E-state index contributed by atoms with van der Waals surface area (Å²) in [6, 6.07) is 20.3. The molecule has 0 unspecified atom stereocenters. The van der Waals surface area contributed by atoms with Gasteiger partial charge in [0.15, 0.2) is 11.5 Å². The largest absolute Gasteiger partial charge is 0.493 e. The molecule has 1 amide bonds. The number of hydrogen-bond donors (Lipinski definition) is 1. The van der Waals surface area contributed by atoms with Crippen LogP contribution in [0.15, 0.2) is 60.7 Å². The molecule has 0 radical (unpaired) electrons. The van der Waals surface area contributed by atoms with E-state index in [1.807, 2.05) is 18.2 Å². The molecule has 37 heavy (non-hydrogen) atoms. The van der Waals surface area contributed by atoms with Crippen LogP contribution in [0, 0.1) is 0 Å². The van der Waals surface area contributed by atoms with E-state index in [1.54, 1.807) is 12.1 Å². The normalized spacial score (nSPS) is 11.1. The predicted molar refractivity (Wildman–Crippen MR) is 146 cm³/mol. The number of nitrogens with zero attached hydrogens (tertiary/aromatic N) is 2. The lowest BCUT2D eigenvalue weighted by Crippen LogP contribution is -2.25. The van der Waals surface area contributed by atoms with Crippen molar-refractivity contribution in [3.63, 3.8) is 0 Å². The van der Waals surface area contributed by atoms with Gasteiger partial charge < -0.3 is 24.1 Å². The first-order valence-electron chi connectivity index (χ1n) is 12.6. The Bertz CT molecular complexity index is 1330. The van der Waals surface area contributed by atoms with Gasteiger partial charge >= 0.3 is 0 Å². The second-order valence-corrected chi connectivity index (χ2v) is 9.27. The number of fused-ring (bicyclic) bond motifs is 1. The third-order valence-corrected chi connectivity index (χ3v) is 6.51. The van der Waals surface area contributed by atoms with Crippen molar-refractivity contribution in [2.24, 2.45) is 0 Å². The minimum Gasteiger partial charge on any atom is -0.493 e. The lowest BCUT2D eigenvalue weighted by atomic mass is 10.0. The first kappa shape index (κ1) is 26.1. The topological polar surface area (TPSA) is 74.6 Å². The molecule has 1 N–H and O–H groups in total. The number of benzene rings is 3. The minimum atomic E-state index is -0.196. The van der Waals surface area contributed by atoms with Crippen LogP contribution in [0.3, 0.4) is 0 Å². The average molecular weight is 502 g/mol. The highest BCUT2D eigenvalue weighted by molar-refractivity contribution is 5.95. The minimum absolute atomic E-state index is 0.196. The van der Waals surface area contributed by atoms with Crippen molar-refractivity contribution in [2.75, 3.05) is 27.9 Å². The van der Waals surface area contributed by atoms with Crippen LogP contribution in [0.25, 0.3) is 11.0 Å². The smallest absolute Gasteiger partial charge is 0.251 e. The molecule has 7 heteroatoms. The summed E-state index contributed by atoms with van der Waals surface area (Å²) in [6.45, 7) is 5.68. The van der Waals surface area contributed by atoms with Crippen LogP contribution in [0.2, 0.25) is 0 Å². The Kier molecular flexibility index (Phi) is 8.33. The fraction of sp³-hybridized carbons (Fsp3) is 0.333. The van der Waals surface area contributed by atoms with Crippen LogP contribution < -0.4 is 19.5 Å². The first-order valence-corrected chi connectivity index (χ1v) is 12.6. The number of aryl methyl sites for hydroxylation is 1. The molecule has 0 saturated carbocycles. The monoisotopic (exact) mass is 501 g/mol. The molecule has 194 valence electrons. The summed E-state index contributed by atoms with van der Waals surface area (Å²) < 4.78 is 18.4. The van der Waals surface area contributed by atoms with Gasteiger partial charge in [-0.3, -0.25) is 4.79 Å². The molecular formula is C30H35N3O4. The van der Waals surface area contributed by atoms with Gasteiger partial charge in [-0.05, 0) is 47.7 Å². The van der Waals surface area contributed by atoms with Crippen LogP contribution in [0.4, 0.5) is 0 Å². The molecule has 0 bridgehead atoms. The number of amides is 1. The Balaban J connectivity index is 1.44. The van der Waals surface area contributed by atoms with E-state index in [0.29, 0.717) is 35.3 Å². The zero-order chi connectivity index (χ0) is 26.4. The van der Waals surface area contributed by atoms with Crippen molar-refractivity contribution in [3.8, 4) is 17.2 Å². The summed E-state index contributed by atoms with van der Waals surface area (Å²) in [4.78, 5) is 17.7. The van der Waals surface area contributed by atoms with Crippen molar-refractivity contribution >= 4 is 16.9 Å². The molecule has 0 aliphatic rings. The van der Waals surface area contributed by atoms with Crippen molar-refractivity contribution < 1.29 is 19.0 Å². The van der Waals surface area contributed by atoms with Crippen molar-refractivity contribution in [1.82, 2.24) is 14.9 Å². The van der Waals surface area contributed by atoms with Gasteiger partial charge in [-0.25, -0.2) is 4.98 Å². The second kappa shape index (κ2) is 11.8. The molecule has 7 nitrogen and oxygen atoms in total. The van der Waals surface area contributed by atoms with E-state index in [9.17, 15) is 4.79 Å². The number of para-hydroxylation sites is 2. The number of carbonyl (C=O) groups is 1. The third kappa shape index (κ3) is 5.88. The van der Waals surface area contributed by atoms with E-state index >= 15 is 0 Å². The summed E-state index contributed by atoms with van der Waals surface area (Å²) in [7, 11) is 4.60. The Morgan fingerprint density at radius 2 is 1.62 bits per heavy atom. The lowest BCUT2D eigenvalue weighted by molar-refractivity contribution is 0.0952. The number of carbonyl (C=O) groups excluding carboxylic acids is 1. The van der Waals surface area contributed by atoms with Crippen LogP contribution >= 0.6 is 0 Å². The van der Waals surface area contributed by atoms with Gasteiger partial charge in [-0.2, -0.15) is 0 Å². The summed E-state index contributed by atoms with van der Waals surface area (Å²) in [5, 5.41) is 3.00. The number of rotatable bonds is 11. The molecule has 1 heterocycles. The zero-order valence-corrected chi connectivity index (χ0v) is 22.2. The Labute approximate surface area is 218 Å². The fourth-order valence-electron chi connectivity index (χ4n) is 4.45. The van der Waals surface area contributed by atoms with Gasteiger partial charge in [-0.1, -0.05) is 50.2 Å². The van der Waals surface area contributed by atoms with Crippen molar-refractivity contribution in [1.29, 1.82) is 0 Å². The number of methoxy groups -OCH3 is 3. The molecule has 0 fully saturated rings. The van der Waals surface area contributed by atoms with E-state index in [-0.39, 0.29) is 5.91 Å². The molecular weight excluding hydrogens is 466 g/mol. The molecule has 0 aliphatic heterocycles. The number of ether oxygens (including phenoxy) is 3. The molecule has 0 atom stereocenters. The lowest BCUT2D eigenvalue weighted by Gasteiger charge is -2.14. The van der Waals surface area contributed by atoms with Crippen LogP contribution in [-0.4, -0.2) is 43.3 Å². The maximum atomic E-state index is 12.8.